The van der Waals surface area contributed by atoms with Gasteiger partial charge in [0, 0.05) is 33.1 Å². The Balaban J connectivity index is 1.93. The van der Waals surface area contributed by atoms with Crippen molar-refractivity contribution in [2.24, 2.45) is 10.4 Å². The van der Waals surface area contributed by atoms with Crippen LogP contribution < -0.4 is 10.6 Å². The van der Waals surface area contributed by atoms with E-state index in [4.69, 9.17) is 0 Å². The average molecular weight is 391 g/mol. The predicted octanol–water partition coefficient (Wildman–Crippen LogP) is 2.48. The first-order valence-corrected chi connectivity index (χ1v) is 9.24. The molecular weight excluding hydrogens is 367 g/mol. The molecule has 0 radical (unpaired) electrons. The standard InChI is InChI=1S/C16H24F3N5OS/c1-20-14(21-8-12-23-11(9-26-12)16(17,18)19)22-10-15(6-4-5-7-15)13(25)24(2)3/h9H,4-8,10H2,1-3H3,(H2,20,21,22). The van der Waals surface area contributed by atoms with Gasteiger partial charge in [-0.25, -0.2) is 4.98 Å². The van der Waals surface area contributed by atoms with Crippen molar-refractivity contribution >= 4 is 23.2 Å². The lowest BCUT2D eigenvalue weighted by Gasteiger charge is -2.31. The molecule has 10 heteroatoms. The summed E-state index contributed by atoms with van der Waals surface area (Å²) in [5, 5.41) is 7.41. The summed E-state index contributed by atoms with van der Waals surface area (Å²) in [6.07, 6.45) is -0.791. The second-order valence-electron chi connectivity index (χ2n) is 6.59. The number of aromatic nitrogens is 1. The van der Waals surface area contributed by atoms with Crippen molar-refractivity contribution in [3.8, 4) is 0 Å². The van der Waals surface area contributed by atoms with Gasteiger partial charge in [-0.05, 0) is 12.8 Å². The van der Waals surface area contributed by atoms with E-state index in [-0.39, 0.29) is 12.5 Å². The number of halogens is 3. The molecule has 1 amide bonds. The number of aliphatic imine (C=N–C) groups is 1. The highest BCUT2D eigenvalue weighted by molar-refractivity contribution is 7.09. The fourth-order valence-corrected chi connectivity index (χ4v) is 3.89. The molecule has 0 aromatic carbocycles. The molecule has 0 unspecified atom stereocenters. The normalized spacial score (nSPS) is 17.2. The zero-order chi connectivity index (χ0) is 19.4. The predicted molar refractivity (Wildman–Crippen MR) is 94.9 cm³/mol. The Kier molecular flexibility index (Phi) is 6.48. The Hall–Kier alpha value is -1.84. The summed E-state index contributed by atoms with van der Waals surface area (Å²) in [4.78, 5) is 21.8. The average Bonchev–Trinajstić information content (AvgIpc) is 3.24. The van der Waals surface area contributed by atoms with Gasteiger partial charge in [0.15, 0.2) is 11.7 Å². The number of nitrogens with zero attached hydrogens (tertiary/aromatic N) is 3. The second kappa shape index (κ2) is 8.24. The van der Waals surface area contributed by atoms with E-state index in [0.29, 0.717) is 17.5 Å². The smallest absolute Gasteiger partial charge is 0.355 e. The van der Waals surface area contributed by atoms with Gasteiger partial charge in [0.25, 0.3) is 0 Å². The van der Waals surface area contributed by atoms with Crippen LogP contribution in [0.3, 0.4) is 0 Å². The number of carbonyl (C=O) groups excluding carboxylic acids is 1. The van der Waals surface area contributed by atoms with Gasteiger partial charge in [-0.2, -0.15) is 13.2 Å². The Labute approximate surface area is 154 Å². The Morgan fingerprint density at radius 1 is 1.35 bits per heavy atom. The van der Waals surface area contributed by atoms with Gasteiger partial charge in [0.2, 0.25) is 5.91 Å². The molecular formula is C16H24F3N5OS. The minimum Gasteiger partial charge on any atom is -0.355 e. The molecule has 0 spiro atoms. The monoisotopic (exact) mass is 391 g/mol. The zero-order valence-corrected chi connectivity index (χ0v) is 15.9. The molecule has 2 N–H and O–H groups in total. The van der Waals surface area contributed by atoms with E-state index in [9.17, 15) is 18.0 Å². The molecule has 1 fully saturated rings. The lowest BCUT2D eigenvalue weighted by atomic mass is 9.84. The number of amides is 1. The molecule has 2 rings (SSSR count). The van der Waals surface area contributed by atoms with Crippen molar-refractivity contribution in [3.05, 3.63) is 16.1 Å². The van der Waals surface area contributed by atoms with E-state index in [1.165, 1.54) is 0 Å². The van der Waals surface area contributed by atoms with Gasteiger partial charge in [-0.1, -0.05) is 12.8 Å². The van der Waals surface area contributed by atoms with Crippen LogP contribution >= 0.6 is 11.3 Å². The third-order valence-electron chi connectivity index (χ3n) is 4.49. The van der Waals surface area contributed by atoms with E-state index in [1.807, 2.05) is 0 Å². The van der Waals surface area contributed by atoms with Gasteiger partial charge in [-0.3, -0.25) is 9.79 Å². The Morgan fingerprint density at radius 2 is 2.00 bits per heavy atom. The highest BCUT2D eigenvalue weighted by atomic mass is 32.1. The maximum Gasteiger partial charge on any atom is 0.434 e. The summed E-state index contributed by atoms with van der Waals surface area (Å²) in [6.45, 7) is 0.574. The number of nitrogens with one attached hydrogen (secondary N) is 2. The molecule has 1 saturated carbocycles. The highest BCUT2D eigenvalue weighted by Crippen LogP contribution is 2.38. The van der Waals surface area contributed by atoms with Crippen molar-refractivity contribution in [2.75, 3.05) is 27.7 Å². The van der Waals surface area contributed by atoms with Gasteiger partial charge < -0.3 is 15.5 Å². The summed E-state index contributed by atoms with van der Waals surface area (Å²) in [5.74, 6) is 0.527. The van der Waals surface area contributed by atoms with Crippen molar-refractivity contribution in [2.45, 2.75) is 38.4 Å². The first-order valence-electron chi connectivity index (χ1n) is 8.36. The van der Waals surface area contributed by atoms with Crippen LogP contribution in [0.15, 0.2) is 10.4 Å². The van der Waals surface area contributed by atoms with E-state index in [0.717, 1.165) is 42.4 Å². The number of carbonyl (C=O) groups is 1. The number of hydrogen-bond donors (Lipinski definition) is 2. The first-order chi connectivity index (χ1) is 12.2. The molecule has 1 heterocycles. The molecule has 1 aromatic heterocycles. The number of hydrogen-bond acceptors (Lipinski definition) is 4. The SMILES string of the molecule is CN=C(NCc1nc(C(F)(F)F)cs1)NCC1(C(=O)N(C)C)CCCC1. The summed E-state index contributed by atoms with van der Waals surface area (Å²) in [7, 11) is 5.07. The van der Waals surface area contributed by atoms with Crippen LogP contribution in [-0.4, -0.2) is 49.4 Å². The number of thiazole rings is 1. The highest BCUT2D eigenvalue weighted by Gasteiger charge is 2.42. The van der Waals surface area contributed by atoms with E-state index < -0.39 is 17.3 Å². The van der Waals surface area contributed by atoms with Gasteiger partial charge in [-0.15, -0.1) is 11.3 Å². The van der Waals surface area contributed by atoms with Crippen LogP contribution in [0.1, 0.15) is 36.4 Å². The topological polar surface area (TPSA) is 69.6 Å². The Bertz CT molecular complexity index is 651. The van der Waals surface area contributed by atoms with Gasteiger partial charge in [0.05, 0.1) is 12.0 Å². The fraction of sp³-hybridized carbons (Fsp3) is 0.688. The van der Waals surface area contributed by atoms with Crippen LogP contribution in [0.2, 0.25) is 0 Å². The lowest BCUT2D eigenvalue weighted by molar-refractivity contribution is -0.141. The van der Waals surface area contributed by atoms with Crippen LogP contribution in [-0.2, 0) is 17.5 Å². The molecule has 0 bridgehead atoms. The maximum absolute atomic E-state index is 12.6. The third kappa shape index (κ3) is 4.87. The largest absolute Gasteiger partial charge is 0.434 e. The molecule has 146 valence electrons. The second-order valence-corrected chi connectivity index (χ2v) is 7.53. The molecule has 0 saturated heterocycles. The minimum atomic E-state index is -4.43. The van der Waals surface area contributed by atoms with Gasteiger partial charge in [0.1, 0.15) is 5.01 Å². The summed E-state index contributed by atoms with van der Waals surface area (Å²) < 4.78 is 37.8. The van der Waals surface area contributed by atoms with Crippen molar-refractivity contribution in [3.63, 3.8) is 0 Å². The zero-order valence-electron chi connectivity index (χ0n) is 15.1. The molecule has 6 nitrogen and oxygen atoms in total. The molecule has 1 aromatic rings. The first kappa shape index (κ1) is 20.5. The van der Waals surface area contributed by atoms with Crippen molar-refractivity contribution in [1.29, 1.82) is 0 Å². The van der Waals surface area contributed by atoms with Crippen LogP contribution in [0.4, 0.5) is 13.2 Å². The molecule has 0 aliphatic heterocycles. The van der Waals surface area contributed by atoms with Crippen LogP contribution in [0.25, 0.3) is 0 Å². The quantitative estimate of drug-likeness (QED) is 0.598. The molecule has 1 aliphatic carbocycles. The summed E-state index contributed by atoms with van der Waals surface area (Å²) in [5.41, 5.74) is -1.34. The number of guanidine groups is 1. The van der Waals surface area contributed by atoms with Crippen LogP contribution in [0, 0.1) is 5.41 Å². The lowest BCUT2D eigenvalue weighted by Crippen LogP contribution is -2.49. The van der Waals surface area contributed by atoms with E-state index in [1.54, 1.807) is 26.0 Å². The Morgan fingerprint density at radius 3 is 2.50 bits per heavy atom. The fourth-order valence-electron chi connectivity index (χ4n) is 3.15. The molecule has 26 heavy (non-hydrogen) atoms. The van der Waals surface area contributed by atoms with Crippen LogP contribution in [0.5, 0.6) is 0 Å². The summed E-state index contributed by atoms with van der Waals surface area (Å²) >= 11 is 0.943. The summed E-state index contributed by atoms with van der Waals surface area (Å²) in [6, 6.07) is 0. The minimum absolute atomic E-state index is 0.0905. The van der Waals surface area contributed by atoms with E-state index >= 15 is 0 Å². The number of rotatable bonds is 5. The number of alkyl halides is 3. The van der Waals surface area contributed by atoms with Gasteiger partial charge >= 0.3 is 6.18 Å². The molecule has 0 atom stereocenters. The third-order valence-corrected chi connectivity index (χ3v) is 5.34. The van der Waals surface area contributed by atoms with Crippen molar-refractivity contribution in [1.82, 2.24) is 20.5 Å². The maximum atomic E-state index is 12.6. The van der Waals surface area contributed by atoms with Crippen molar-refractivity contribution < 1.29 is 18.0 Å². The molecule has 1 aliphatic rings. The van der Waals surface area contributed by atoms with E-state index in [2.05, 4.69) is 20.6 Å².